The molecular weight excluding hydrogens is 286 g/mol. The van der Waals surface area contributed by atoms with Gasteiger partial charge in [-0.2, -0.15) is 5.10 Å². The minimum atomic E-state index is 0.715. The van der Waals surface area contributed by atoms with Gasteiger partial charge in [0, 0.05) is 19.3 Å². The van der Waals surface area contributed by atoms with Crippen molar-refractivity contribution in [1.29, 1.82) is 0 Å². The lowest BCUT2D eigenvalue weighted by Gasteiger charge is -2.12. The van der Waals surface area contributed by atoms with Crippen LogP contribution in [0.1, 0.15) is 43.7 Å². The summed E-state index contributed by atoms with van der Waals surface area (Å²) in [6.45, 7) is 11.6. The number of hydrogen-bond acceptors (Lipinski definition) is 3. The van der Waals surface area contributed by atoms with Crippen LogP contribution in [0.15, 0.2) is 6.20 Å². The molecule has 1 N–H and O–H groups in total. The van der Waals surface area contributed by atoms with Gasteiger partial charge in [0.15, 0.2) is 0 Å². The first-order valence-electron chi connectivity index (χ1n) is 7.58. The van der Waals surface area contributed by atoms with Crippen molar-refractivity contribution >= 4 is 11.6 Å². The van der Waals surface area contributed by atoms with E-state index in [-0.39, 0.29) is 0 Å². The minimum Gasteiger partial charge on any atom is -0.325 e. The molecule has 0 saturated heterocycles. The lowest BCUT2D eigenvalue weighted by molar-refractivity contribution is 0.575. The van der Waals surface area contributed by atoms with Gasteiger partial charge in [0.05, 0.1) is 28.6 Å². The van der Waals surface area contributed by atoms with Crippen LogP contribution in [0.3, 0.4) is 0 Å². The first kappa shape index (κ1) is 16.0. The van der Waals surface area contributed by atoms with Crippen molar-refractivity contribution in [3.8, 4) is 0 Å². The van der Waals surface area contributed by atoms with Crippen molar-refractivity contribution in [2.24, 2.45) is 0 Å². The Morgan fingerprint density at radius 3 is 2.67 bits per heavy atom. The van der Waals surface area contributed by atoms with E-state index < -0.39 is 0 Å². The molecule has 5 nitrogen and oxygen atoms in total. The van der Waals surface area contributed by atoms with Gasteiger partial charge in [-0.05, 0) is 26.8 Å². The normalized spacial score (nSPS) is 11.3. The number of aromatic nitrogens is 4. The van der Waals surface area contributed by atoms with Crippen molar-refractivity contribution in [2.45, 2.75) is 53.8 Å². The third-order valence-electron chi connectivity index (χ3n) is 3.70. The van der Waals surface area contributed by atoms with Gasteiger partial charge in [-0.1, -0.05) is 25.4 Å². The molecule has 0 bridgehead atoms. The molecule has 0 aliphatic rings. The van der Waals surface area contributed by atoms with Gasteiger partial charge >= 0.3 is 0 Å². The van der Waals surface area contributed by atoms with Gasteiger partial charge in [0.1, 0.15) is 5.82 Å². The molecule has 0 amide bonds. The number of halogens is 1. The van der Waals surface area contributed by atoms with Crippen molar-refractivity contribution in [3.05, 3.63) is 34.1 Å². The van der Waals surface area contributed by atoms with Gasteiger partial charge in [-0.25, -0.2) is 4.98 Å². The largest absolute Gasteiger partial charge is 0.325 e. The monoisotopic (exact) mass is 309 g/mol. The predicted molar refractivity (Wildman–Crippen MR) is 85.7 cm³/mol. The highest BCUT2D eigenvalue weighted by Gasteiger charge is 2.17. The van der Waals surface area contributed by atoms with Crippen LogP contribution in [0.5, 0.6) is 0 Å². The fourth-order valence-corrected chi connectivity index (χ4v) is 2.77. The summed E-state index contributed by atoms with van der Waals surface area (Å²) in [6, 6.07) is 0. The number of nitrogens with zero attached hydrogens (tertiary/aromatic N) is 4. The lowest BCUT2D eigenvalue weighted by Crippen LogP contribution is -2.17. The van der Waals surface area contributed by atoms with Crippen molar-refractivity contribution in [2.75, 3.05) is 6.54 Å². The Labute approximate surface area is 131 Å². The van der Waals surface area contributed by atoms with E-state index in [0.29, 0.717) is 6.54 Å². The molecular formula is C15H24ClN5. The molecule has 21 heavy (non-hydrogen) atoms. The number of nitrogens with one attached hydrogen (secondary N) is 1. The van der Waals surface area contributed by atoms with Gasteiger partial charge in [0.25, 0.3) is 0 Å². The molecule has 0 aliphatic heterocycles. The Kier molecular flexibility index (Phi) is 5.42. The van der Waals surface area contributed by atoms with Crippen LogP contribution >= 0.6 is 11.6 Å². The standard InChI is InChI=1S/C15H24ClN5/c1-5-13-15(16)14(21(7-3)19-13)10-20-11(4)18-9-12(20)8-17-6-2/h9,17H,5-8,10H2,1-4H3. The van der Waals surface area contributed by atoms with Gasteiger partial charge < -0.3 is 9.88 Å². The van der Waals surface area contributed by atoms with E-state index in [9.17, 15) is 0 Å². The van der Waals surface area contributed by atoms with E-state index in [1.165, 1.54) is 5.69 Å². The quantitative estimate of drug-likeness (QED) is 0.855. The van der Waals surface area contributed by atoms with Crippen LogP contribution in [-0.2, 0) is 26.1 Å². The van der Waals surface area contributed by atoms with Crippen molar-refractivity contribution in [3.63, 3.8) is 0 Å². The fraction of sp³-hybridized carbons (Fsp3) is 0.600. The van der Waals surface area contributed by atoms with E-state index in [1.807, 2.05) is 17.8 Å². The highest BCUT2D eigenvalue weighted by molar-refractivity contribution is 6.31. The van der Waals surface area contributed by atoms with Crippen LogP contribution in [-0.4, -0.2) is 25.9 Å². The smallest absolute Gasteiger partial charge is 0.106 e. The molecule has 0 atom stereocenters. The van der Waals surface area contributed by atoms with E-state index in [4.69, 9.17) is 11.6 Å². The van der Waals surface area contributed by atoms with Crippen LogP contribution < -0.4 is 5.32 Å². The van der Waals surface area contributed by atoms with E-state index in [2.05, 4.69) is 40.7 Å². The maximum absolute atomic E-state index is 6.50. The molecule has 2 aromatic heterocycles. The summed E-state index contributed by atoms with van der Waals surface area (Å²) >= 11 is 6.50. The second kappa shape index (κ2) is 7.09. The summed E-state index contributed by atoms with van der Waals surface area (Å²) in [5, 5.41) is 8.72. The lowest BCUT2D eigenvalue weighted by atomic mass is 10.3. The van der Waals surface area contributed by atoms with Crippen LogP contribution in [0.2, 0.25) is 5.02 Å². The molecule has 2 rings (SSSR count). The van der Waals surface area contributed by atoms with Crippen LogP contribution in [0, 0.1) is 6.92 Å². The fourth-order valence-electron chi connectivity index (χ4n) is 2.44. The van der Waals surface area contributed by atoms with E-state index in [1.54, 1.807) is 0 Å². The number of rotatable bonds is 7. The Balaban J connectivity index is 2.33. The van der Waals surface area contributed by atoms with Crippen LogP contribution in [0.25, 0.3) is 0 Å². The Morgan fingerprint density at radius 2 is 2.05 bits per heavy atom. The van der Waals surface area contributed by atoms with Crippen molar-refractivity contribution in [1.82, 2.24) is 24.6 Å². The molecule has 6 heteroatoms. The summed E-state index contributed by atoms with van der Waals surface area (Å²) in [4.78, 5) is 4.43. The molecule has 0 aromatic carbocycles. The molecule has 2 heterocycles. The molecule has 2 aromatic rings. The van der Waals surface area contributed by atoms with Crippen LogP contribution in [0.4, 0.5) is 0 Å². The first-order chi connectivity index (χ1) is 10.1. The summed E-state index contributed by atoms with van der Waals surface area (Å²) in [6.07, 6.45) is 2.78. The zero-order chi connectivity index (χ0) is 15.4. The molecule has 0 unspecified atom stereocenters. The molecule has 0 fully saturated rings. The average Bonchev–Trinajstić information content (AvgIpc) is 2.99. The summed E-state index contributed by atoms with van der Waals surface area (Å²) in [5.41, 5.74) is 3.21. The highest BCUT2D eigenvalue weighted by Crippen LogP contribution is 2.23. The maximum atomic E-state index is 6.50. The number of aryl methyl sites for hydroxylation is 3. The highest BCUT2D eigenvalue weighted by atomic mass is 35.5. The SMILES string of the molecule is CCNCc1cnc(C)n1Cc1c(Cl)c(CC)nn1CC. The Bertz CT molecular complexity index is 599. The average molecular weight is 310 g/mol. The predicted octanol–water partition coefficient (Wildman–Crippen LogP) is 2.78. The second-order valence-corrected chi connectivity index (χ2v) is 5.42. The molecule has 0 saturated carbocycles. The number of imidazole rings is 1. The minimum absolute atomic E-state index is 0.715. The summed E-state index contributed by atoms with van der Waals surface area (Å²) in [5.74, 6) is 1.00. The van der Waals surface area contributed by atoms with E-state index >= 15 is 0 Å². The van der Waals surface area contributed by atoms with Crippen molar-refractivity contribution < 1.29 is 0 Å². The first-order valence-corrected chi connectivity index (χ1v) is 7.95. The summed E-state index contributed by atoms with van der Waals surface area (Å²) < 4.78 is 4.20. The molecule has 0 spiro atoms. The maximum Gasteiger partial charge on any atom is 0.106 e. The summed E-state index contributed by atoms with van der Waals surface area (Å²) in [7, 11) is 0. The van der Waals surface area contributed by atoms with Gasteiger partial charge in [-0.3, -0.25) is 4.68 Å². The molecule has 116 valence electrons. The zero-order valence-corrected chi connectivity index (χ0v) is 14.0. The zero-order valence-electron chi connectivity index (χ0n) is 13.3. The number of hydrogen-bond donors (Lipinski definition) is 1. The van der Waals surface area contributed by atoms with E-state index in [0.717, 1.165) is 48.3 Å². The Morgan fingerprint density at radius 1 is 1.29 bits per heavy atom. The van der Waals surface area contributed by atoms with Gasteiger partial charge in [-0.15, -0.1) is 0 Å². The topological polar surface area (TPSA) is 47.7 Å². The third-order valence-corrected chi connectivity index (χ3v) is 4.13. The Hall–Kier alpha value is -1.33. The molecule has 0 aliphatic carbocycles. The second-order valence-electron chi connectivity index (χ2n) is 5.04. The molecule has 0 radical (unpaired) electrons. The van der Waals surface area contributed by atoms with Gasteiger partial charge in [0.2, 0.25) is 0 Å². The third kappa shape index (κ3) is 3.30.